The van der Waals surface area contributed by atoms with Crippen LogP contribution in [0.5, 0.6) is 0 Å². The van der Waals surface area contributed by atoms with Gasteiger partial charge in [0.15, 0.2) is 15.7 Å². The highest BCUT2D eigenvalue weighted by atomic mass is 32.2. The van der Waals surface area contributed by atoms with Gasteiger partial charge in [-0.2, -0.15) is 4.98 Å². The van der Waals surface area contributed by atoms with Crippen LogP contribution in [0.3, 0.4) is 0 Å². The second-order valence-corrected chi connectivity index (χ2v) is 9.05. The van der Waals surface area contributed by atoms with Gasteiger partial charge in [0.25, 0.3) is 0 Å². The van der Waals surface area contributed by atoms with Crippen molar-refractivity contribution in [3.63, 3.8) is 0 Å². The number of sulfone groups is 1. The van der Waals surface area contributed by atoms with Crippen molar-refractivity contribution in [2.75, 3.05) is 11.5 Å². The van der Waals surface area contributed by atoms with Gasteiger partial charge < -0.3 is 9.84 Å². The highest BCUT2D eigenvalue weighted by Crippen LogP contribution is 2.33. The van der Waals surface area contributed by atoms with E-state index in [1.165, 1.54) is 25.7 Å². The highest BCUT2D eigenvalue weighted by molar-refractivity contribution is 7.91. The number of hydrogen-bond donors (Lipinski definition) is 1. The molecule has 3 aliphatic heterocycles. The van der Waals surface area contributed by atoms with Gasteiger partial charge in [0, 0.05) is 24.4 Å². The van der Waals surface area contributed by atoms with E-state index in [0.717, 1.165) is 6.42 Å². The number of nitrogens with one attached hydrogen (secondary N) is 1. The smallest absolute Gasteiger partial charge is 0.226 e. The second kappa shape index (κ2) is 5.05. The first kappa shape index (κ1) is 13.7. The summed E-state index contributed by atoms with van der Waals surface area (Å²) in [5.74, 6) is 2.23. The van der Waals surface area contributed by atoms with E-state index < -0.39 is 9.84 Å². The van der Waals surface area contributed by atoms with Crippen LogP contribution in [0.1, 0.15) is 49.7 Å². The molecule has 1 aromatic rings. The topological polar surface area (TPSA) is 85.1 Å². The molecule has 3 unspecified atom stereocenters. The van der Waals surface area contributed by atoms with Crippen molar-refractivity contribution in [3.05, 3.63) is 11.7 Å². The summed E-state index contributed by atoms with van der Waals surface area (Å²) in [6, 6.07) is 1.33. The average molecular weight is 311 g/mol. The van der Waals surface area contributed by atoms with Crippen LogP contribution in [0.25, 0.3) is 0 Å². The Morgan fingerprint density at radius 2 is 1.95 bits per heavy atom. The summed E-state index contributed by atoms with van der Waals surface area (Å²) in [5.41, 5.74) is 0. The van der Waals surface area contributed by atoms with Gasteiger partial charge >= 0.3 is 0 Å². The van der Waals surface area contributed by atoms with Gasteiger partial charge in [-0.1, -0.05) is 5.16 Å². The Morgan fingerprint density at radius 3 is 2.62 bits per heavy atom. The Kier molecular flexibility index (Phi) is 3.29. The number of nitrogens with zero attached hydrogens (tertiary/aromatic N) is 2. The minimum absolute atomic E-state index is 0.0725. The van der Waals surface area contributed by atoms with Crippen LogP contribution in [0.2, 0.25) is 0 Å². The van der Waals surface area contributed by atoms with E-state index >= 15 is 0 Å². The standard InChI is InChI=1S/C14H21N3O3S/c18-21(19)4-3-10(8-21)14-16-13(20-17-14)7-9-5-11-1-2-12(6-9)15-11/h9-12,15H,1-8H2. The molecule has 3 saturated heterocycles. The summed E-state index contributed by atoms with van der Waals surface area (Å²) in [6.07, 6.45) is 6.41. The molecule has 0 amide bonds. The van der Waals surface area contributed by atoms with Crippen molar-refractivity contribution in [1.82, 2.24) is 15.5 Å². The van der Waals surface area contributed by atoms with E-state index in [1.807, 2.05) is 0 Å². The van der Waals surface area contributed by atoms with Crippen molar-refractivity contribution < 1.29 is 12.9 Å². The molecule has 0 aromatic carbocycles. The number of fused-ring (bicyclic) bond motifs is 2. The van der Waals surface area contributed by atoms with Crippen LogP contribution in [-0.2, 0) is 16.3 Å². The number of hydrogen-bond acceptors (Lipinski definition) is 6. The van der Waals surface area contributed by atoms with Crippen LogP contribution in [0.15, 0.2) is 4.52 Å². The molecule has 0 radical (unpaired) electrons. The van der Waals surface area contributed by atoms with Crippen LogP contribution in [-0.4, -0.2) is 42.1 Å². The molecule has 0 saturated carbocycles. The first-order valence-electron chi connectivity index (χ1n) is 7.86. The molecule has 2 bridgehead atoms. The zero-order valence-corrected chi connectivity index (χ0v) is 12.8. The molecular weight excluding hydrogens is 290 g/mol. The molecule has 1 N–H and O–H groups in total. The summed E-state index contributed by atoms with van der Waals surface area (Å²) in [6.45, 7) is 0. The van der Waals surface area contributed by atoms with E-state index in [2.05, 4.69) is 15.5 Å². The maximum atomic E-state index is 11.5. The van der Waals surface area contributed by atoms with Crippen molar-refractivity contribution in [2.45, 2.75) is 56.5 Å². The predicted molar refractivity (Wildman–Crippen MR) is 76.7 cm³/mol. The van der Waals surface area contributed by atoms with Crippen LogP contribution in [0, 0.1) is 5.92 Å². The number of aromatic nitrogens is 2. The predicted octanol–water partition coefficient (Wildman–Crippen LogP) is 1.04. The maximum Gasteiger partial charge on any atom is 0.226 e. The Balaban J connectivity index is 1.41. The van der Waals surface area contributed by atoms with E-state index in [0.29, 0.717) is 36.1 Å². The summed E-state index contributed by atoms with van der Waals surface area (Å²) >= 11 is 0. The molecule has 3 aliphatic rings. The van der Waals surface area contributed by atoms with E-state index in [9.17, 15) is 8.42 Å². The molecule has 21 heavy (non-hydrogen) atoms. The van der Waals surface area contributed by atoms with Crippen LogP contribution < -0.4 is 5.32 Å². The average Bonchev–Trinajstić information content (AvgIpc) is 3.10. The summed E-state index contributed by atoms with van der Waals surface area (Å²) in [4.78, 5) is 4.46. The quantitative estimate of drug-likeness (QED) is 0.898. The number of rotatable bonds is 3. The summed E-state index contributed by atoms with van der Waals surface area (Å²) in [7, 11) is -2.90. The molecule has 7 heteroatoms. The number of piperidine rings is 1. The van der Waals surface area contributed by atoms with Gasteiger partial charge in [-0.15, -0.1) is 0 Å². The minimum Gasteiger partial charge on any atom is -0.339 e. The minimum atomic E-state index is -2.90. The van der Waals surface area contributed by atoms with Crippen molar-refractivity contribution in [2.24, 2.45) is 5.92 Å². The third-order valence-electron chi connectivity index (χ3n) is 5.12. The Morgan fingerprint density at radius 1 is 1.19 bits per heavy atom. The Bertz CT molecular complexity index is 615. The van der Waals surface area contributed by atoms with Crippen LogP contribution in [0.4, 0.5) is 0 Å². The lowest BCUT2D eigenvalue weighted by atomic mass is 9.90. The van der Waals surface area contributed by atoms with Crippen molar-refractivity contribution in [1.29, 1.82) is 0 Å². The molecular formula is C14H21N3O3S. The zero-order valence-electron chi connectivity index (χ0n) is 12.0. The highest BCUT2D eigenvalue weighted by Gasteiger charge is 2.35. The molecule has 4 heterocycles. The first-order valence-corrected chi connectivity index (χ1v) is 9.68. The van der Waals surface area contributed by atoms with Gasteiger partial charge in [-0.3, -0.25) is 0 Å². The lowest BCUT2D eigenvalue weighted by Crippen LogP contribution is -2.38. The zero-order chi connectivity index (χ0) is 14.4. The van der Waals surface area contributed by atoms with Crippen molar-refractivity contribution >= 4 is 9.84 Å². The van der Waals surface area contributed by atoms with E-state index in [-0.39, 0.29) is 17.4 Å². The van der Waals surface area contributed by atoms with Gasteiger partial charge in [-0.25, -0.2) is 8.42 Å². The monoisotopic (exact) mass is 311 g/mol. The normalized spacial score (nSPS) is 37.9. The van der Waals surface area contributed by atoms with Gasteiger partial charge in [0.05, 0.1) is 11.5 Å². The molecule has 116 valence electrons. The second-order valence-electron chi connectivity index (χ2n) is 6.83. The van der Waals surface area contributed by atoms with Crippen LogP contribution >= 0.6 is 0 Å². The maximum absolute atomic E-state index is 11.5. The lowest BCUT2D eigenvalue weighted by molar-refractivity contribution is 0.270. The molecule has 3 atom stereocenters. The lowest BCUT2D eigenvalue weighted by Gasteiger charge is -2.28. The molecule has 0 spiro atoms. The SMILES string of the molecule is O=S1(=O)CCC(c2noc(CC3CC4CCC(C3)N4)n2)C1. The van der Waals surface area contributed by atoms with Gasteiger partial charge in [-0.05, 0) is 38.0 Å². The van der Waals surface area contributed by atoms with Gasteiger partial charge in [0.1, 0.15) is 0 Å². The molecule has 6 nitrogen and oxygen atoms in total. The van der Waals surface area contributed by atoms with E-state index in [1.54, 1.807) is 0 Å². The first-order chi connectivity index (χ1) is 10.1. The third-order valence-corrected chi connectivity index (χ3v) is 6.88. The molecule has 3 fully saturated rings. The third kappa shape index (κ3) is 2.85. The van der Waals surface area contributed by atoms with Crippen molar-refractivity contribution in [3.8, 4) is 0 Å². The summed E-state index contributed by atoms with van der Waals surface area (Å²) < 4.78 is 28.4. The Labute approximate surface area is 124 Å². The fourth-order valence-electron chi connectivity index (χ4n) is 4.10. The summed E-state index contributed by atoms with van der Waals surface area (Å²) in [5, 5.41) is 7.65. The van der Waals surface area contributed by atoms with E-state index in [4.69, 9.17) is 4.52 Å². The van der Waals surface area contributed by atoms with Gasteiger partial charge in [0.2, 0.25) is 5.89 Å². The molecule has 1 aromatic heterocycles. The largest absolute Gasteiger partial charge is 0.339 e. The molecule has 4 rings (SSSR count). The Hall–Kier alpha value is -0.950. The molecule has 0 aliphatic carbocycles. The fourth-order valence-corrected chi connectivity index (χ4v) is 5.84. The fraction of sp³-hybridized carbons (Fsp3) is 0.857.